The van der Waals surface area contributed by atoms with Crippen LogP contribution in [0.5, 0.6) is 0 Å². The molecule has 0 aromatic carbocycles. The predicted molar refractivity (Wildman–Crippen MR) is 46.9 cm³/mol. The van der Waals surface area contributed by atoms with E-state index in [1.54, 1.807) is 13.8 Å². The molecule has 0 saturated carbocycles. The standard InChI is InChI=1S/C9H14O4/c1-3-12-9(13-4-2)8(11)6-5-7-10/h9-10H,3-4,7H2,1-2H3. The zero-order chi connectivity index (χ0) is 10.1. The minimum absolute atomic E-state index is 0.337. The maximum atomic E-state index is 11.1. The summed E-state index contributed by atoms with van der Waals surface area (Å²) in [6, 6.07) is 0. The Balaban J connectivity index is 4.10. The number of Topliss-reactive ketones (excluding diaryl/α,β-unsaturated/α-hetero) is 1. The fourth-order valence-corrected chi connectivity index (χ4v) is 0.688. The van der Waals surface area contributed by atoms with Gasteiger partial charge in [0.1, 0.15) is 6.61 Å². The molecule has 0 radical (unpaired) electrons. The molecule has 0 bridgehead atoms. The molecule has 0 heterocycles. The van der Waals surface area contributed by atoms with Crippen molar-refractivity contribution >= 4 is 5.78 Å². The van der Waals surface area contributed by atoms with Crippen LogP contribution in [0.3, 0.4) is 0 Å². The van der Waals surface area contributed by atoms with Gasteiger partial charge in [0.25, 0.3) is 5.78 Å². The number of hydrogen-bond acceptors (Lipinski definition) is 4. The third-order valence-corrected chi connectivity index (χ3v) is 1.14. The summed E-state index contributed by atoms with van der Waals surface area (Å²) in [7, 11) is 0. The molecule has 1 N–H and O–H groups in total. The molecule has 0 aliphatic carbocycles. The second kappa shape index (κ2) is 7.74. The molecular formula is C9H14O4. The van der Waals surface area contributed by atoms with Gasteiger partial charge in [-0.25, -0.2) is 0 Å². The maximum absolute atomic E-state index is 11.1. The molecule has 4 heteroatoms. The van der Waals surface area contributed by atoms with Crippen molar-refractivity contribution in [3.63, 3.8) is 0 Å². The van der Waals surface area contributed by atoms with Crippen molar-refractivity contribution in [2.45, 2.75) is 20.1 Å². The van der Waals surface area contributed by atoms with Crippen molar-refractivity contribution in [1.82, 2.24) is 0 Å². The third-order valence-electron chi connectivity index (χ3n) is 1.14. The van der Waals surface area contributed by atoms with E-state index in [0.717, 1.165) is 0 Å². The molecule has 4 nitrogen and oxygen atoms in total. The number of aliphatic hydroxyl groups is 1. The normalized spacial score (nSPS) is 9.54. The summed E-state index contributed by atoms with van der Waals surface area (Å²) >= 11 is 0. The Morgan fingerprint density at radius 3 is 2.31 bits per heavy atom. The van der Waals surface area contributed by atoms with Gasteiger partial charge < -0.3 is 14.6 Å². The number of ketones is 1. The number of hydrogen-bond donors (Lipinski definition) is 1. The van der Waals surface area contributed by atoms with Crippen molar-refractivity contribution in [2.24, 2.45) is 0 Å². The second-order valence-electron chi connectivity index (χ2n) is 2.07. The van der Waals surface area contributed by atoms with Gasteiger partial charge in [-0.3, -0.25) is 4.79 Å². The highest BCUT2D eigenvalue weighted by Crippen LogP contribution is 1.95. The molecule has 74 valence electrons. The van der Waals surface area contributed by atoms with E-state index in [-0.39, 0.29) is 6.61 Å². The van der Waals surface area contributed by atoms with Crippen LogP contribution >= 0.6 is 0 Å². The van der Waals surface area contributed by atoms with Gasteiger partial charge in [-0.15, -0.1) is 0 Å². The summed E-state index contributed by atoms with van der Waals surface area (Å²) in [5.74, 6) is 3.99. The number of carbonyl (C=O) groups excluding carboxylic acids is 1. The summed E-state index contributed by atoms with van der Waals surface area (Å²) in [6.45, 7) is 3.96. The van der Waals surface area contributed by atoms with Gasteiger partial charge in [0.2, 0.25) is 6.29 Å². The van der Waals surface area contributed by atoms with Crippen LogP contribution in [0.1, 0.15) is 13.8 Å². The van der Waals surface area contributed by atoms with Crippen molar-refractivity contribution in [1.29, 1.82) is 0 Å². The highest BCUT2D eigenvalue weighted by Gasteiger charge is 2.15. The smallest absolute Gasteiger partial charge is 0.261 e. The van der Waals surface area contributed by atoms with E-state index in [1.807, 2.05) is 0 Å². The van der Waals surface area contributed by atoms with Crippen LogP contribution < -0.4 is 0 Å². The fourth-order valence-electron chi connectivity index (χ4n) is 0.688. The molecule has 0 atom stereocenters. The van der Waals surface area contributed by atoms with E-state index < -0.39 is 12.1 Å². The van der Waals surface area contributed by atoms with E-state index in [9.17, 15) is 4.79 Å². The van der Waals surface area contributed by atoms with Crippen molar-refractivity contribution in [3.8, 4) is 11.8 Å². The first kappa shape index (κ1) is 12.1. The highest BCUT2D eigenvalue weighted by atomic mass is 16.7. The van der Waals surface area contributed by atoms with E-state index in [2.05, 4.69) is 11.8 Å². The lowest BCUT2D eigenvalue weighted by atomic mass is 10.4. The quantitative estimate of drug-likeness (QED) is 0.371. The average molecular weight is 186 g/mol. The first-order chi connectivity index (χ1) is 6.26. The molecule has 0 amide bonds. The van der Waals surface area contributed by atoms with Crippen LogP contribution in [-0.4, -0.2) is 37.0 Å². The molecule has 13 heavy (non-hydrogen) atoms. The van der Waals surface area contributed by atoms with Crippen LogP contribution in [-0.2, 0) is 14.3 Å². The maximum Gasteiger partial charge on any atom is 0.261 e. The number of aliphatic hydroxyl groups excluding tert-OH is 1. The SMILES string of the molecule is CCOC(OCC)C(=O)C#CCO. The average Bonchev–Trinajstić information content (AvgIpc) is 2.14. The van der Waals surface area contributed by atoms with E-state index in [0.29, 0.717) is 13.2 Å². The van der Waals surface area contributed by atoms with E-state index >= 15 is 0 Å². The molecule has 0 unspecified atom stereocenters. The lowest BCUT2D eigenvalue weighted by molar-refractivity contribution is -0.162. The van der Waals surface area contributed by atoms with Gasteiger partial charge in [0, 0.05) is 13.2 Å². The monoisotopic (exact) mass is 186 g/mol. The zero-order valence-electron chi connectivity index (χ0n) is 7.87. The molecule has 0 saturated heterocycles. The predicted octanol–water partition coefficient (Wildman–Crippen LogP) is -0.0497. The molecule has 0 fully saturated rings. The largest absolute Gasteiger partial charge is 0.384 e. The van der Waals surface area contributed by atoms with Crippen LogP contribution in [0.15, 0.2) is 0 Å². The van der Waals surface area contributed by atoms with Gasteiger partial charge in [0.05, 0.1) is 0 Å². The zero-order valence-corrected chi connectivity index (χ0v) is 7.87. The molecule has 0 aromatic heterocycles. The Morgan fingerprint density at radius 2 is 1.92 bits per heavy atom. The Hall–Kier alpha value is -0.890. The van der Waals surface area contributed by atoms with Crippen molar-refractivity contribution in [2.75, 3.05) is 19.8 Å². The van der Waals surface area contributed by atoms with Gasteiger partial charge in [-0.2, -0.15) is 0 Å². The van der Waals surface area contributed by atoms with E-state index in [1.165, 1.54) is 0 Å². The molecule has 0 spiro atoms. The molecule has 0 rings (SSSR count). The van der Waals surface area contributed by atoms with Crippen LogP contribution in [0.25, 0.3) is 0 Å². The number of carbonyl (C=O) groups is 1. The Bertz CT molecular complexity index is 195. The summed E-state index contributed by atoms with van der Waals surface area (Å²) in [5, 5.41) is 8.35. The summed E-state index contributed by atoms with van der Waals surface area (Å²) in [6.07, 6.45) is -0.922. The van der Waals surface area contributed by atoms with Crippen LogP contribution in [0.4, 0.5) is 0 Å². The molecule has 0 aliphatic rings. The van der Waals surface area contributed by atoms with Crippen molar-refractivity contribution in [3.05, 3.63) is 0 Å². The van der Waals surface area contributed by atoms with Crippen molar-refractivity contribution < 1.29 is 19.4 Å². The lowest BCUT2D eigenvalue weighted by Gasteiger charge is -2.11. The fraction of sp³-hybridized carbons (Fsp3) is 0.667. The van der Waals surface area contributed by atoms with Crippen LogP contribution in [0, 0.1) is 11.8 Å². The lowest BCUT2D eigenvalue weighted by Crippen LogP contribution is -2.26. The van der Waals surface area contributed by atoms with E-state index in [4.69, 9.17) is 14.6 Å². The van der Waals surface area contributed by atoms with Gasteiger partial charge >= 0.3 is 0 Å². The summed E-state index contributed by atoms with van der Waals surface area (Å²) in [4.78, 5) is 11.1. The first-order valence-electron chi connectivity index (χ1n) is 4.13. The number of ether oxygens (including phenoxy) is 2. The second-order valence-corrected chi connectivity index (χ2v) is 2.07. The first-order valence-corrected chi connectivity index (χ1v) is 4.13. The van der Waals surface area contributed by atoms with Gasteiger partial charge in [-0.1, -0.05) is 5.92 Å². The summed E-state index contributed by atoms with van der Waals surface area (Å²) < 4.78 is 9.97. The molecular weight excluding hydrogens is 172 g/mol. The summed E-state index contributed by atoms with van der Waals surface area (Å²) in [5.41, 5.74) is 0. The molecule has 0 aliphatic heterocycles. The minimum Gasteiger partial charge on any atom is -0.384 e. The number of rotatable bonds is 5. The van der Waals surface area contributed by atoms with Gasteiger partial charge in [0.15, 0.2) is 0 Å². The van der Waals surface area contributed by atoms with Gasteiger partial charge in [-0.05, 0) is 19.8 Å². The highest BCUT2D eigenvalue weighted by molar-refractivity contribution is 5.98. The Morgan fingerprint density at radius 1 is 1.38 bits per heavy atom. The Labute approximate surface area is 77.8 Å². The Kier molecular flexibility index (Phi) is 7.21. The minimum atomic E-state index is -0.922. The van der Waals surface area contributed by atoms with Crippen LogP contribution in [0.2, 0.25) is 0 Å². The molecule has 0 aromatic rings. The third kappa shape index (κ3) is 5.36. The topological polar surface area (TPSA) is 55.8 Å².